The van der Waals surface area contributed by atoms with Gasteiger partial charge in [-0.25, -0.2) is 0 Å². The summed E-state index contributed by atoms with van der Waals surface area (Å²) in [4.78, 5) is 0.0912. The van der Waals surface area contributed by atoms with Crippen LogP contribution in [0.1, 0.15) is 45.4 Å². The zero-order valence-electron chi connectivity index (χ0n) is 12.3. The standard InChI is InChI=1S/C15H24O4S/c1-3-4-5-6-7-10-13-19-20(16,17)15-12-9-8-11-14(15)18-2/h8-9,11-12H,3-7,10,13H2,1-2H3. The number of hydrogen-bond donors (Lipinski definition) is 0. The molecule has 4 nitrogen and oxygen atoms in total. The molecule has 114 valence electrons. The van der Waals surface area contributed by atoms with Crippen molar-refractivity contribution in [2.45, 2.75) is 50.3 Å². The Morgan fingerprint density at radius 2 is 1.65 bits per heavy atom. The maximum absolute atomic E-state index is 12.0. The van der Waals surface area contributed by atoms with Crippen molar-refractivity contribution in [2.75, 3.05) is 13.7 Å². The lowest BCUT2D eigenvalue weighted by Crippen LogP contribution is -2.09. The lowest BCUT2D eigenvalue weighted by atomic mass is 10.1. The molecule has 1 rings (SSSR count). The lowest BCUT2D eigenvalue weighted by molar-refractivity contribution is 0.303. The minimum absolute atomic E-state index is 0.0912. The number of methoxy groups -OCH3 is 1. The highest BCUT2D eigenvalue weighted by atomic mass is 32.2. The first-order valence-electron chi connectivity index (χ1n) is 7.14. The third-order valence-corrected chi connectivity index (χ3v) is 4.43. The highest BCUT2D eigenvalue weighted by Gasteiger charge is 2.19. The predicted octanol–water partition coefficient (Wildman–Crippen LogP) is 3.76. The van der Waals surface area contributed by atoms with Crippen LogP contribution in [0.25, 0.3) is 0 Å². The summed E-state index contributed by atoms with van der Waals surface area (Å²) < 4.78 is 34.2. The average molecular weight is 300 g/mol. The van der Waals surface area contributed by atoms with E-state index in [0.717, 1.165) is 19.3 Å². The summed E-state index contributed by atoms with van der Waals surface area (Å²) in [6.45, 7) is 2.40. The predicted molar refractivity (Wildman–Crippen MR) is 79.5 cm³/mol. The van der Waals surface area contributed by atoms with E-state index in [1.54, 1.807) is 18.2 Å². The van der Waals surface area contributed by atoms with Crippen LogP contribution in [0.5, 0.6) is 5.75 Å². The van der Waals surface area contributed by atoms with Gasteiger partial charge in [0.15, 0.2) is 0 Å². The van der Waals surface area contributed by atoms with Crippen LogP contribution in [0.15, 0.2) is 29.2 Å². The first-order valence-corrected chi connectivity index (χ1v) is 8.55. The second-order valence-corrected chi connectivity index (χ2v) is 6.28. The van der Waals surface area contributed by atoms with Crippen LogP contribution in [0.4, 0.5) is 0 Å². The summed E-state index contributed by atoms with van der Waals surface area (Å²) in [7, 11) is -2.28. The van der Waals surface area contributed by atoms with Crippen molar-refractivity contribution >= 4 is 10.1 Å². The molecule has 0 saturated carbocycles. The van der Waals surface area contributed by atoms with Crippen LogP contribution in [0.3, 0.4) is 0 Å². The van der Waals surface area contributed by atoms with E-state index >= 15 is 0 Å². The minimum atomic E-state index is -3.73. The summed E-state index contributed by atoms with van der Waals surface area (Å²) in [5.41, 5.74) is 0. The molecule has 0 aliphatic rings. The molecule has 0 fully saturated rings. The van der Waals surface area contributed by atoms with Crippen LogP contribution in [-0.2, 0) is 14.3 Å². The highest BCUT2D eigenvalue weighted by Crippen LogP contribution is 2.24. The first kappa shape index (κ1) is 17.0. The smallest absolute Gasteiger partial charge is 0.300 e. The van der Waals surface area contributed by atoms with E-state index in [9.17, 15) is 8.42 Å². The largest absolute Gasteiger partial charge is 0.495 e. The molecule has 0 saturated heterocycles. The zero-order chi connectivity index (χ0) is 14.8. The Morgan fingerprint density at radius 3 is 2.35 bits per heavy atom. The van der Waals surface area contributed by atoms with Gasteiger partial charge in [-0.3, -0.25) is 4.18 Å². The van der Waals surface area contributed by atoms with Crippen molar-refractivity contribution in [1.82, 2.24) is 0 Å². The number of ether oxygens (including phenoxy) is 1. The number of benzene rings is 1. The van der Waals surface area contributed by atoms with Crippen molar-refractivity contribution in [3.63, 3.8) is 0 Å². The Kier molecular flexibility index (Phi) is 7.62. The van der Waals surface area contributed by atoms with E-state index in [-0.39, 0.29) is 11.5 Å². The van der Waals surface area contributed by atoms with Gasteiger partial charge in [-0.05, 0) is 18.6 Å². The van der Waals surface area contributed by atoms with Gasteiger partial charge in [0, 0.05) is 0 Å². The van der Waals surface area contributed by atoms with Gasteiger partial charge in [-0.2, -0.15) is 8.42 Å². The maximum atomic E-state index is 12.0. The van der Waals surface area contributed by atoms with Gasteiger partial charge in [0.25, 0.3) is 0 Å². The normalized spacial score (nSPS) is 11.5. The molecule has 5 heteroatoms. The molecule has 20 heavy (non-hydrogen) atoms. The quantitative estimate of drug-likeness (QED) is 0.487. The van der Waals surface area contributed by atoms with E-state index in [1.807, 2.05) is 0 Å². The second kappa shape index (κ2) is 8.97. The third kappa shape index (κ3) is 5.51. The molecule has 0 heterocycles. The van der Waals surface area contributed by atoms with Crippen molar-refractivity contribution < 1.29 is 17.3 Å². The number of para-hydroxylation sites is 1. The molecule has 0 N–H and O–H groups in total. The summed E-state index contributed by atoms with van der Waals surface area (Å²) in [5, 5.41) is 0. The van der Waals surface area contributed by atoms with E-state index in [1.165, 1.54) is 32.4 Å². The van der Waals surface area contributed by atoms with Crippen molar-refractivity contribution in [1.29, 1.82) is 0 Å². The summed E-state index contributed by atoms with van der Waals surface area (Å²) >= 11 is 0. The summed E-state index contributed by atoms with van der Waals surface area (Å²) in [5.74, 6) is 0.315. The fourth-order valence-corrected chi connectivity index (χ4v) is 3.05. The van der Waals surface area contributed by atoms with E-state index < -0.39 is 10.1 Å². The Hall–Kier alpha value is -1.07. The second-order valence-electron chi connectivity index (χ2n) is 4.69. The van der Waals surface area contributed by atoms with Gasteiger partial charge in [-0.1, -0.05) is 51.2 Å². The van der Waals surface area contributed by atoms with Crippen molar-refractivity contribution in [3.8, 4) is 5.75 Å². The fraction of sp³-hybridized carbons (Fsp3) is 0.600. The molecular weight excluding hydrogens is 276 g/mol. The van der Waals surface area contributed by atoms with Crippen LogP contribution < -0.4 is 4.74 Å². The number of hydrogen-bond acceptors (Lipinski definition) is 4. The third-order valence-electron chi connectivity index (χ3n) is 3.07. The topological polar surface area (TPSA) is 52.6 Å². The van der Waals surface area contributed by atoms with E-state index in [0.29, 0.717) is 5.75 Å². The van der Waals surface area contributed by atoms with E-state index in [4.69, 9.17) is 8.92 Å². The molecule has 0 aliphatic heterocycles. The first-order chi connectivity index (χ1) is 9.61. The average Bonchev–Trinajstić information content (AvgIpc) is 2.46. The number of rotatable bonds is 10. The molecular formula is C15H24O4S. The van der Waals surface area contributed by atoms with Crippen LogP contribution in [-0.4, -0.2) is 22.1 Å². The molecule has 0 radical (unpaired) electrons. The SMILES string of the molecule is CCCCCCCCOS(=O)(=O)c1ccccc1OC. The molecule has 0 aromatic heterocycles. The maximum Gasteiger partial charge on any atom is 0.300 e. The summed E-state index contributed by atoms with van der Waals surface area (Å²) in [6, 6.07) is 6.49. The van der Waals surface area contributed by atoms with Crippen LogP contribution in [0.2, 0.25) is 0 Å². The Bertz CT molecular complexity index is 482. The molecule has 0 spiro atoms. The van der Waals surface area contributed by atoms with Crippen LogP contribution >= 0.6 is 0 Å². The molecule has 1 aromatic rings. The van der Waals surface area contributed by atoms with Gasteiger partial charge in [-0.15, -0.1) is 0 Å². The van der Waals surface area contributed by atoms with Gasteiger partial charge in [0.1, 0.15) is 10.6 Å². The monoisotopic (exact) mass is 300 g/mol. The number of unbranched alkanes of at least 4 members (excludes halogenated alkanes) is 5. The van der Waals surface area contributed by atoms with Crippen LogP contribution in [0, 0.1) is 0 Å². The highest BCUT2D eigenvalue weighted by molar-refractivity contribution is 7.86. The van der Waals surface area contributed by atoms with Gasteiger partial charge >= 0.3 is 10.1 Å². The molecule has 0 atom stereocenters. The van der Waals surface area contributed by atoms with Crippen molar-refractivity contribution in [2.24, 2.45) is 0 Å². The van der Waals surface area contributed by atoms with Gasteiger partial charge in [0.2, 0.25) is 0 Å². The lowest BCUT2D eigenvalue weighted by Gasteiger charge is -2.09. The van der Waals surface area contributed by atoms with Gasteiger partial charge in [0.05, 0.1) is 13.7 Å². The zero-order valence-corrected chi connectivity index (χ0v) is 13.1. The Morgan fingerprint density at radius 1 is 1.00 bits per heavy atom. The molecule has 0 bridgehead atoms. The van der Waals surface area contributed by atoms with Crippen molar-refractivity contribution in [3.05, 3.63) is 24.3 Å². The molecule has 0 amide bonds. The fourth-order valence-electron chi connectivity index (χ4n) is 1.94. The Balaban J connectivity index is 2.42. The van der Waals surface area contributed by atoms with E-state index in [2.05, 4.69) is 6.92 Å². The molecule has 0 unspecified atom stereocenters. The molecule has 0 aliphatic carbocycles. The minimum Gasteiger partial charge on any atom is -0.495 e. The van der Waals surface area contributed by atoms with Gasteiger partial charge < -0.3 is 4.74 Å². The molecule has 1 aromatic carbocycles. The Labute approximate surface area is 122 Å². The summed E-state index contributed by atoms with van der Waals surface area (Å²) in [6.07, 6.45) is 6.54.